The van der Waals surface area contributed by atoms with Gasteiger partial charge < -0.3 is 11.1 Å². The van der Waals surface area contributed by atoms with E-state index in [0.29, 0.717) is 5.56 Å². The zero-order chi connectivity index (χ0) is 16.2. The molecule has 0 bridgehead atoms. The van der Waals surface area contributed by atoms with Crippen LogP contribution in [0.5, 0.6) is 0 Å². The smallest absolute Gasteiger partial charge is 0.251 e. The van der Waals surface area contributed by atoms with Crippen LogP contribution in [0, 0.1) is 5.92 Å². The molecule has 0 saturated heterocycles. The fourth-order valence-corrected chi connectivity index (χ4v) is 3.11. The highest BCUT2D eigenvalue weighted by atomic mass is 16.2. The number of hydrogen-bond donors (Lipinski definition) is 2. The molecule has 1 aliphatic rings. The number of amides is 2. The maximum Gasteiger partial charge on any atom is 0.251 e. The molecule has 2 atom stereocenters. The van der Waals surface area contributed by atoms with Gasteiger partial charge in [-0.2, -0.15) is 5.10 Å². The first kappa shape index (κ1) is 15.3. The first-order valence-electron chi connectivity index (χ1n) is 7.85. The van der Waals surface area contributed by atoms with Crippen LogP contribution in [0.4, 0.5) is 0 Å². The van der Waals surface area contributed by atoms with E-state index in [9.17, 15) is 9.59 Å². The minimum atomic E-state index is -0.333. The van der Waals surface area contributed by atoms with E-state index in [1.165, 1.54) is 0 Å². The van der Waals surface area contributed by atoms with E-state index in [1.807, 2.05) is 24.4 Å². The van der Waals surface area contributed by atoms with Crippen LogP contribution in [0.2, 0.25) is 0 Å². The van der Waals surface area contributed by atoms with Crippen molar-refractivity contribution in [2.24, 2.45) is 11.7 Å². The van der Waals surface area contributed by atoms with Crippen LogP contribution >= 0.6 is 0 Å². The number of aromatic nitrogens is 2. The van der Waals surface area contributed by atoms with E-state index in [4.69, 9.17) is 5.73 Å². The Bertz CT molecular complexity index is 696. The second-order valence-electron chi connectivity index (χ2n) is 5.87. The summed E-state index contributed by atoms with van der Waals surface area (Å²) in [4.78, 5) is 24.1. The van der Waals surface area contributed by atoms with Crippen molar-refractivity contribution < 1.29 is 9.59 Å². The van der Waals surface area contributed by atoms with E-state index in [1.54, 1.807) is 23.0 Å². The molecule has 1 saturated carbocycles. The van der Waals surface area contributed by atoms with E-state index < -0.39 is 0 Å². The number of rotatable bonds is 4. The van der Waals surface area contributed by atoms with Crippen LogP contribution < -0.4 is 11.1 Å². The van der Waals surface area contributed by atoms with Crippen molar-refractivity contribution in [3.05, 3.63) is 48.3 Å². The molecule has 0 radical (unpaired) electrons. The van der Waals surface area contributed by atoms with Gasteiger partial charge in [0, 0.05) is 24.0 Å². The summed E-state index contributed by atoms with van der Waals surface area (Å²) in [6.07, 6.45) is 7.02. The van der Waals surface area contributed by atoms with E-state index in [-0.39, 0.29) is 23.8 Å². The normalized spacial score (nSPS) is 20.9. The maximum absolute atomic E-state index is 12.5. The second kappa shape index (κ2) is 6.64. The molecule has 23 heavy (non-hydrogen) atoms. The summed E-state index contributed by atoms with van der Waals surface area (Å²) in [6.45, 7) is 0. The number of hydrogen-bond acceptors (Lipinski definition) is 3. The van der Waals surface area contributed by atoms with Crippen molar-refractivity contribution in [1.29, 1.82) is 0 Å². The predicted molar refractivity (Wildman–Crippen MR) is 86.0 cm³/mol. The average molecular weight is 312 g/mol. The lowest BCUT2D eigenvalue weighted by Gasteiger charge is -2.30. The van der Waals surface area contributed by atoms with Gasteiger partial charge in [-0.05, 0) is 37.1 Å². The molecular weight excluding hydrogens is 292 g/mol. The molecule has 0 aliphatic heterocycles. The van der Waals surface area contributed by atoms with E-state index in [0.717, 1.165) is 31.4 Å². The standard InChI is InChI=1S/C17H20N4O2/c18-16(22)14-7-1-2-8-15(14)20-17(23)12-5-3-6-13(11-12)21-10-4-9-19-21/h3-6,9-11,14-15H,1-2,7-8H2,(H2,18,22)(H,20,23)/t14-,15+/m0/s1. The molecule has 3 N–H and O–H groups in total. The van der Waals surface area contributed by atoms with Crippen LogP contribution in [0.25, 0.3) is 5.69 Å². The number of primary amides is 1. The number of nitrogens with zero attached hydrogens (tertiary/aromatic N) is 2. The lowest BCUT2D eigenvalue weighted by molar-refractivity contribution is -0.123. The Morgan fingerprint density at radius 2 is 2.04 bits per heavy atom. The summed E-state index contributed by atoms with van der Waals surface area (Å²) in [5.41, 5.74) is 6.82. The summed E-state index contributed by atoms with van der Waals surface area (Å²) in [6, 6.07) is 8.89. The van der Waals surface area contributed by atoms with Crippen molar-refractivity contribution >= 4 is 11.8 Å². The third kappa shape index (κ3) is 3.41. The van der Waals surface area contributed by atoms with Crippen molar-refractivity contribution in [2.45, 2.75) is 31.7 Å². The minimum absolute atomic E-state index is 0.179. The van der Waals surface area contributed by atoms with Gasteiger partial charge in [-0.1, -0.05) is 18.9 Å². The lowest BCUT2D eigenvalue weighted by atomic mass is 9.84. The van der Waals surface area contributed by atoms with Crippen LogP contribution in [0.3, 0.4) is 0 Å². The van der Waals surface area contributed by atoms with Crippen molar-refractivity contribution in [2.75, 3.05) is 0 Å². The van der Waals surface area contributed by atoms with E-state index in [2.05, 4.69) is 10.4 Å². The summed E-state index contributed by atoms with van der Waals surface area (Å²) >= 11 is 0. The van der Waals surface area contributed by atoms with Crippen molar-refractivity contribution in [3.8, 4) is 5.69 Å². The molecule has 0 spiro atoms. The molecule has 2 aromatic rings. The largest absolute Gasteiger partial charge is 0.369 e. The molecule has 1 aliphatic carbocycles. The summed E-state index contributed by atoms with van der Waals surface area (Å²) < 4.78 is 1.70. The highest BCUT2D eigenvalue weighted by molar-refractivity contribution is 5.95. The fourth-order valence-electron chi connectivity index (χ4n) is 3.11. The lowest BCUT2D eigenvalue weighted by Crippen LogP contribution is -2.47. The Morgan fingerprint density at radius 1 is 1.22 bits per heavy atom. The molecule has 0 unspecified atom stereocenters. The number of carbonyl (C=O) groups excluding carboxylic acids is 2. The first-order chi connectivity index (χ1) is 11.1. The van der Waals surface area contributed by atoms with Crippen molar-refractivity contribution in [1.82, 2.24) is 15.1 Å². The molecule has 1 fully saturated rings. The predicted octanol–water partition coefficient (Wildman–Crippen LogP) is 1.65. The first-order valence-corrected chi connectivity index (χ1v) is 7.85. The van der Waals surface area contributed by atoms with Crippen LogP contribution in [-0.4, -0.2) is 27.6 Å². The summed E-state index contributed by atoms with van der Waals surface area (Å²) in [7, 11) is 0. The van der Waals surface area contributed by atoms with Gasteiger partial charge >= 0.3 is 0 Å². The number of nitrogens with one attached hydrogen (secondary N) is 1. The number of benzene rings is 1. The Balaban J connectivity index is 1.75. The molecule has 1 aromatic heterocycles. The topological polar surface area (TPSA) is 90.0 Å². The highest BCUT2D eigenvalue weighted by Gasteiger charge is 2.30. The molecule has 120 valence electrons. The zero-order valence-corrected chi connectivity index (χ0v) is 12.8. The van der Waals surface area contributed by atoms with Gasteiger partial charge in [0.05, 0.1) is 11.6 Å². The Hall–Kier alpha value is -2.63. The molecule has 6 nitrogen and oxygen atoms in total. The summed E-state index contributed by atoms with van der Waals surface area (Å²) in [5.74, 6) is -0.792. The van der Waals surface area contributed by atoms with Crippen LogP contribution in [-0.2, 0) is 4.79 Å². The van der Waals surface area contributed by atoms with Gasteiger partial charge in [0.1, 0.15) is 0 Å². The van der Waals surface area contributed by atoms with E-state index >= 15 is 0 Å². The zero-order valence-electron chi connectivity index (χ0n) is 12.8. The monoisotopic (exact) mass is 312 g/mol. The SMILES string of the molecule is NC(=O)[C@H]1CCCC[C@H]1NC(=O)c1cccc(-n2cccn2)c1. The Kier molecular flexibility index (Phi) is 4.41. The molecule has 1 aromatic carbocycles. The van der Waals surface area contributed by atoms with Gasteiger partial charge in [0.2, 0.25) is 5.91 Å². The third-order valence-electron chi connectivity index (χ3n) is 4.33. The highest BCUT2D eigenvalue weighted by Crippen LogP contribution is 2.24. The van der Waals surface area contributed by atoms with Crippen LogP contribution in [0.15, 0.2) is 42.7 Å². The Morgan fingerprint density at radius 3 is 2.78 bits per heavy atom. The second-order valence-corrected chi connectivity index (χ2v) is 5.87. The number of nitrogens with two attached hydrogens (primary N) is 1. The van der Waals surface area contributed by atoms with Crippen molar-refractivity contribution in [3.63, 3.8) is 0 Å². The van der Waals surface area contributed by atoms with Gasteiger partial charge in [-0.3, -0.25) is 9.59 Å². The van der Waals surface area contributed by atoms with Gasteiger partial charge in [0.15, 0.2) is 0 Å². The molecular formula is C17H20N4O2. The molecule has 2 amide bonds. The van der Waals surface area contributed by atoms with Gasteiger partial charge in [-0.15, -0.1) is 0 Å². The minimum Gasteiger partial charge on any atom is -0.369 e. The fraction of sp³-hybridized carbons (Fsp3) is 0.353. The number of carbonyl (C=O) groups is 2. The maximum atomic E-state index is 12.5. The quantitative estimate of drug-likeness (QED) is 0.899. The summed E-state index contributed by atoms with van der Waals surface area (Å²) in [5, 5.41) is 7.13. The molecule has 6 heteroatoms. The molecule has 1 heterocycles. The average Bonchev–Trinajstić information content (AvgIpc) is 3.10. The van der Waals surface area contributed by atoms with Gasteiger partial charge in [-0.25, -0.2) is 4.68 Å². The van der Waals surface area contributed by atoms with Crippen LogP contribution in [0.1, 0.15) is 36.0 Å². The van der Waals surface area contributed by atoms with Gasteiger partial charge in [0.25, 0.3) is 5.91 Å². The molecule has 3 rings (SSSR count). The Labute approximate surface area is 134 Å². The third-order valence-corrected chi connectivity index (χ3v) is 4.33.